The van der Waals surface area contributed by atoms with Crippen molar-refractivity contribution in [1.29, 1.82) is 0 Å². The molecular weight excluding hydrogens is 292 g/mol. The van der Waals surface area contributed by atoms with E-state index in [1.54, 1.807) is 0 Å². The summed E-state index contributed by atoms with van der Waals surface area (Å²) in [6.07, 6.45) is 1.91. The van der Waals surface area contributed by atoms with Crippen LogP contribution in [0.4, 0.5) is 4.79 Å². The molecule has 100 valence electrons. The SMILES string of the molecule is CCC(CC)NC(=O)N[C@H](C)c1ccc(Br)cc1. The molecule has 2 amide bonds. The fourth-order valence-corrected chi connectivity index (χ4v) is 2.02. The molecule has 1 rings (SSSR count). The molecule has 0 fully saturated rings. The van der Waals surface area contributed by atoms with Gasteiger partial charge in [-0.1, -0.05) is 41.9 Å². The van der Waals surface area contributed by atoms with Crippen LogP contribution < -0.4 is 10.6 Å². The van der Waals surface area contributed by atoms with E-state index in [-0.39, 0.29) is 18.1 Å². The number of hydrogen-bond acceptors (Lipinski definition) is 1. The average Bonchev–Trinajstić information content (AvgIpc) is 2.36. The van der Waals surface area contributed by atoms with E-state index >= 15 is 0 Å². The molecule has 1 aromatic carbocycles. The van der Waals surface area contributed by atoms with Gasteiger partial charge in [-0.05, 0) is 37.5 Å². The summed E-state index contributed by atoms with van der Waals surface area (Å²) in [7, 11) is 0. The molecule has 0 spiro atoms. The zero-order valence-corrected chi connectivity index (χ0v) is 12.8. The van der Waals surface area contributed by atoms with E-state index in [1.165, 1.54) is 0 Å². The third-order valence-corrected chi connectivity index (χ3v) is 3.57. The molecule has 0 saturated carbocycles. The minimum atomic E-state index is -0.0980. The fourth-order valence-electron chi connectivity index (χ4n) is 1.75. The Morgan fingerprint density at radius 1 is 1.17 bits per heavy atom. The highest BCUT2D eigenvalue weighted by atomic mass is 79.9. The van der Waals surface area contributed by atoms with Crippen LogP contribution in [0.2, 0.25) is 0 Å². The van der Waals surface area contributed by atoms with Crippen molar-refractivity contribution in [3.63, 3.8) is 0 Å². The Morgan fingerprint density at radius 3 is 2.22 bits per heavy atom. The maximum absolute atomic E-state index is 11.8. The van der Waals surface area contributed by atoms with Crippen LogP contribution in [0.25, 0.3) is 0 Å². The van der Waals surface area contributed by atoms with E-state index in [2.05, 4.69) is 40.4 Å². The first-order valence-corrected chi connectivity index (χ1v) is 7.18. The van der Waals surface area contributed by atoms with Gasteiger partial charge in [0.2, 0.25) is 0 Å². The van der Waals surface area contributed by atoms with E-state index in [9.17, 15) is 4.79 Å². The van der Waals surface area contributed by atoms with Crippen LogP contribution in [0.3, 0.4) is 0 Å². The largest absolute Gasteiger partial charge is 0.335 e. The van der Waals surface area contributed by atoms with Crippen molar-refractivity contribution in [1.82, 2.24) is 10.6 Å². The number of rotatable bonds is 5. The monoisotopic (exact) mass is 312 g/mol. The number of halogens is 1. The molecule has 0 heterocycles. The summed E-state index contributed by atoms with van der Waals surface area (Å²) in [5, 5.41) is 5.92. The Bertz CT molecular complexity index is 374. The van der Waals surface area contributed by atoms with Crippen LogP contribution >= 0.6 is 15.9 Å². The lowest BCUT2D eigenvalue weighted by Gasteiger charge is -2.19. The Labute approximate surface area is 117 Å². The molecule has 0 radical (unpaired) electrons. The summed E-state index contributed by atoms with van der Waals surface area (Å²) >= 11 is 3.40. The smallest absolute Gasteiger partial charge is 0.315 e. The average molecular weight is 313 g/mol. The topological polar surface area (TPSA) is 41.1 Å². The molecule has 0 bridgehead atoms. The molecule has 0 aliphatic carbocycles. The molecular formula is C14H21BrN2O. The first-order chi connectivity index (χ1) is 8.56. The Hall–Kier alpha value is -1.03. The third-order valence-electron chi connectivity index (χ3n) is 3.04. The van der Waals surface area contributed by atoms with Crippen LogP contribution in [0.1, 0.15) is 45.2 Å². The minimum absolute atomic E-state index is 0.00691. The van der Waals surface area contributed by atoms with Gasteiger partial charge in [-0.25, -0.2) is 4.79 Å². The second kappa shape index (κ2) is 7.41. The molecule has 2 N–H and O–H groups in total. The van der Waals surface area contributed by atoms with Crippen molar-refractivity contribution >= 4 is 22.0 Å². The Morgan fingerprint density at radius 2 is 1.72 bits per heavy atom. The van der Waals surface area contributed by atoms with E-state index in [0.717, 1.165) is 22.9 Å². The van der Waals surface area contributed by atoms with Crippen molar-refractivity contribution in [3.05, 3.63) is 34.3 Å². The molecule has 18 heavy (non-hydrogen) atoms. The standard InChI is InChI=1S/C14H21BrN2O/c1-4-13(5-2)17-14(18)16-10(3)11-6-8-12(15)9-7-11/h6-10,13H,4-5H2,1-3H3,(H2,16,17,18)/t10-/m1/s1. The second-order valence-corrected chi connectivity index (χ2v) is 5.32. The summed E-state index contributed by atoms with van der Waals surface area (Å²) in [4.78, 5) is 11.8. The fraction of sp³-hybridized carbons (Fsp3) is 0.500. The lowest BCUT2D eigenvalue weighted by molar-refractivity contribution is 0.233. The van der Waals surface area contributed by atoms with Crippen molar-refractivity contribution in [3.8, 4) is 0 Å². The zero-order valence-electron chi connectivity index (χ0n) is 11.2. The number of carbonyl (C=O) groups is 1. The number of carbonyl (C=O) groups excluding carboxylic acids is 1. The van der Waals surface area contributed by atoms with Crippen LogP contribution in [0, 0.1) is 0 Å². The van der Waals surface area contributed by atoms with Crippen LogP contribution in [-0.4, -0.2) is 12.1 Å². The number of benzene rings is 1. The summed E-state index contributed by atoms with van der Waals surface area (Å²) in [5.74, 6) is 0. The van der Waals surface area contributed by atoms with Gasteiger partial charge in [-0.2, -0.15) is 0 Å². The van der Waals surface area contributed by atoms with Gasteiger partial charge >= 0.3 is 6.03 Å². The number of nitrogens with one attached hydrogen (secondary N) is 2. The minimum Gasteiger partial charge on any atom is -0.335 e. The van der Waals surface area contributed by atoms with Crippen molar-refractivity contribution in [2.24, 2.45) is 0 Å². The quantitative estimate of drug-likeness (QED) is 0.847. The number of amides is 2. The van der Waals surface area contributed by atoms with Gasteiger partial charge in [-0.3, -0.25) is 0 Å². The van der Waals surface area contributed by atoms with E-state index in [1.807, 2.05) is 31.2 Å². The van der Waals surface area contributed by atoms with Crippen molar-refractivity contribution in [2.75, 3.05) is 0 Å². The molecule has 0 saturated heterocycles. The zero-order chi connectivity index (χ0) is 13.5. The predicted octanol–water partition coefficient (Wildman–Crippen LogP) is 4.00. The maximum atomic E-state index is 11.8. The van der Waals surface area contributed by atoms with Crippen molar-refractivity contribution < 1.29 is 4.79 Å². The Kier molecular flexibility index (Phi) is 6.19. The van der Waals surface area contributed by atoms with Gasteiger partial charge in [0.15, 0.2) is 0 Å². The molecule has 4 heteroatoms. The third kappa shape index (κ3) is 4.69. The molecule has 0 unspecified atom stereocenters. The first kappa shape index (κ1) is 15.0. The highest BCUT2D eigenvalue weighted by Crippen LogP contribution is 2.16. The van der Waals surface area contributed by atoms with E-state index < -0.39 is 0 Å². The molecule has 1 atom stereocenters. The molecule has 0 aliphatic heterocycles. The normalized spacial score (nSPS) is 12.3. The van der Waals surface area contributed by atoms with Gasteiger partial charge in [0.25, 0.3) is 0 Å². The number of hydrogen-bond donors (Lipinski definition) is 2. The van der Waals surface area contributed by atoms with Gasteiger partial charge in [0, 0.05) is 10.5 Å². The summed E-state index contributed by atoms with van der Waals surface area (Å²) in [6, 6.07) is 8.13. The first-order valence-electron chi connectivity index (χ1n) is 6.39. The highest BCUT2D eigenvalue weighted by molar-refractivity contribution is 9.10. The van der Waals surface area contributed by atoms with Gasteiger partial charge < -0.3 is 10.6 Å². The van der Waals surface area contributed by atoms with E-state index in [4.69, 9.17) is 0 Å². The van der Waals surface area contributed by atoms with Gasteiger partial charge in [0.05, 0.1) is 6.04 Å². The molecule has 1 aromatic rings. The van der Waals surface area contributed by atoms with Gasteiger partial charge in [0.1, 0.15) is 0 Å². The lowest BCUT2D eigenvalue weighted by Crippen LogP contribution is -2.42. The van der Waals surface area contributed by atoms with Crippen LogP contribution in [0.5, 0.6) is 0 Å². The maximum Gasteiger partial charge on any atom is 0.315 e. The summed E-state index contributed by atoms with van der Waals surface area (Å²) in [6.45, 7) is 6.13. The van der Waals surface area contributed by atoms with Crippen LogP contribution in [0.15, 0.2) is 28.7 Å². The summed E-state index contributed by atoms with van der Waals surface area (Å²) < 4.78 is 1.04. The molecule has 0 aromatic heterocycles. The highest BCUT2D eigenvalue weighted by Gasteiger charge is 2.11. The number of urea groups is 1. The lowest BCUT2D eigenvalue weighted by atomic mass is 10.1. The van der Waals surface area contributed by atoms with Crippen molar-refractivity contribution in [2.45, 2.75) is 45.7 Å². The van der Waals surface area contributed by atoms with Gasteiger partial charge in [-0.15, -0.1) is 0 Å². The Balaban J connectivity index is 2.51. The van der Waals surface area contributed by atoms with E-state index in [0.29, 0.717) is 0 Å². The predicted molar refractivity (Wildman–Crippen MR) is 78.6 cm³/mol. The van der Waals surface area contributed by atoms with Crippen LogP contribution in [-0.2, 0) is 0 Å². The second-order valence-electron chi connectivity index (χ2n) is 4.40. The molecule has 3 nitrogen and oxygen atoms in total. The molecule has 0 aliphatic rings. The summed E-state index contributed by atoms with van der Waals surface area (Å²) in [5.41, 5.74) is 1.10.